The molecule has 0 saturated heterocycles. The van der Waals surface area contributed by atoms with Gasteiger partial charge in [-0.15, -0.1) is 0 Å². The Balaban J connectivity index is 2.20. The van der Waals surface area contributed by atoms with Crippen LogP contribution in [0.3, 0.4) is 0 Å². The van der Waals surface area contributed by atoms with E-state index < -0.39 is 5.82 Å². The van der Waals surface area contributed by atoms with Crippen LogP contribution in [0.1, 0.15) is 11.1 Å². The molecule has 4 N–H and O–H groups in total. The summed E-state index contributed by atoms with van der Waals surface area (Å²) in [4.78, 5) is 0. The molecule has 0 aliphatic rings. The van der Waals surface area contributed by atoms with Crippen LogP contribution >= 0.6 is 15.9 Å². The number of nitrogens with one attached hydrogen (secondary N) is 1. The predicted molar refractivity (Wildman–Crippen MR) is 80.3 cm³/mol. The number of oxime groups is 1. The molecule has 0 unspecified atom stereocenters. The lowest BCUT2D eigenvalue weighted by atomic mass is 10.1. The number of halogens is 3. The summed E-state index contributed by atoms with van der Waals surface area (Å²) in [7, 11) is 0. The van der Waals surface area contributed by atoms with Crippen molar-refractivity contribution in [1.82, 2.24) is 0 Å². The maximum absolute atomic E-state index is 13.5. The Morgan fingerprint density at radius 1 is 1.19 bits per heavy atom. The van der Waals surface area contributed by atoms with E-state index in [-0.39, 0.29) is 23.8 Å². The monoisotopic (exact) mass is 355 g/mol. The Morgan fingerprint density at radius 2 is 1.95 bits per heavy atom. The van der Waals surface area contributed by atoms with Crippen molar-refractivity contribution in [2.75, 3.05) is 5.32 Å². The van der Waals surface area contributed by atoms with Crippen molar-refractivity contribution in [3.05, 3.63) is 63.6 Å². The van der Waals surface area contributed by atoms with Gasteiger partial charge in [0.15, 0.2) is 5.84 Å². The zero-order valence-corrected chi connectivity index (χ0v) is 12.4. The van der Waals surface area contributed by atoms with Crippen molar-refractivity contribution in [1.29, 1.82) is 0 Å². The Hall–Kier alpha value is -2.15. The van der Waals surface area contributed by atoms with Gasteiger partial charge < -0.3 is 16.3 Å². The molecule has 2 rings (SSSR count). The molecule has 21 heavy (non-hydrogen) atoms. The molecule has 0 heterocycles. The van der Waals surface area contributed by atoms with Crippen LogP contribution in [0.2, 0.25) is 0 Å². The summed E-state index contributed by atoms with van der Waals surface area (Å²) in [6.45, 7) is 0.255. The van der Waals surface area contributed by atoms with Gasteiger partial charge in [-0.05, 0) is 57.9 Å². The second kappa shape index (κ2) is 6.53. The van der Waals surface area contributed by atoms with Crippen LogP contribution in [-0.4, -0.2) is 11.0 Å². The van der Waals surface area contributed by atoms with Crippen molar-refractivity contribution in [3.8, 4) is 0 Å². The molecule has 0 aromatic heterocycles. The van der Waals surface area contributed by atoms with Gasteiger partial charge in [0.05, 0.1) is 5.69 Å². The lowest BCUT2D eigenvalue weighted by Gasteiger charge is -2.10. The summed E-state index contributed by atoms with van der Waals surface area (Å²) in [6.07, 6.45) is 0. The molecule has 0 bridgehead atoms. The van der Waals surface area contributed by atoms with E-state index in [4.69, 9.17) is 10.9 Å². The second-order valence-electron chi connectivity index (χ2n) is 4.31. The molecule has 0 atom stereocenters. The Morgan fingerprint density at radius 3 is 2.67 bits per heavy atom. The first-order chi connectivity index (χ1) is 9.99. The normalized spacial score (nSPS) is 11.5. The van der Waals surface area contributed by atoms with Crippen LogP contribution < -0.4 is 11.1 Å². The van der Waals surface area contributed by atoms with Crippen molar-refractivity contribution in [3.63, 3.8) is 0 Å². The average molecular weight is 356 g/mol. The minimum atomic E-state index is -0.505. The molecule has 0 aliphatic heterocycles. The van der Waals surface area contributed by atoms with Gasteiger partial charge >= 0.3 is 0 Å². The SMILES string of the molecule is N/C(=N/O)c1cc(F)cc(CNc2cc(F)ccc2Br)c1. The summed E-state index contributed by atoms with van der Waals surface area (Å²) in [5, 5.41) is 14.4. The Bertz CT molecular complexity index is 692. The quantitative estimate of drug-likeness (QED) is 0.340. The molecule has 7 heteroatoms. The number of amidine groups is 1. The molecule has 0 aliphatic carbocycles. The molecule has 0 spiro atoms. The van der Waals surface area contributed by atoms with Gasteiger partial charge in [0.25, 0.3) is 0 Å². The molecule has 0 saturated carbocycles. The fourth-order valence-electron chi connectivity index (χ4n) is 1.79. The van der Waals surface area contributed by atoms with Crippen molar-refractivity contribution in [2.24, 2.45) is 10.9 Å². The fourth-order valence-corrected chi connectivity index (χ4v) is 2.18. The maximum atomic E-state index is 13.5. The van der Waals surface area contributed by atoms with Crippen LogP contribution in [0.25, 0.3) is 0 Å². The summed E-state index contributed by atoms with van der Waals surface area (Å²) in [5.74, 6) is -1.06. The van der Waals surface area contributed by atoms with Gasteiger partial charge in [0, 0.05) is 16.6 Å². The van der Waals surface area contributed by atoms with Gasteiger partial charge in [-0.1, -0.05) is 5.16 Å². The van der Waals surface area contributed by atoms with Crippen molar-refractivity contribution < 1.29 is 14.0 Å². The van der Waals surface area contributed by atoms with Crippen molar-refractivity contribution in [2.45, 2.75) is 6.54 Å². The lowest BCUT2D eigenvalue weighted by Crippen LogP contribution is -2.14. The average Bonchev–Trinajstić information content (AvgIpc) is 2.46. The van der Waals surface area contributed by atoms with Crippen LogP contribution in [0, 0.1) is 11.6 Å². The summed E-state index contributed by atoms with van der Waals surface area (Å²) in [5.41, 5.74) is 6.83. The standard InChI is InChI=1S/C14H12BrF2N3O/c15-12-2-1-10(16)6-13(12)19-7-8-3-9(14(18)20-21)5-11(17)4-8/h1-6,19,21H,7H2,(H2,18,20). The topological polar surface area (TPSA) is 70.6 Å². The number of nitrogens with two attached hydrogens (primary N) is 1. The predicted octanol–water partition coefficient (Wildman–Crippen LogP) is 3.43. The number of hydrogen-bond donors (Lipinski definition) is 3. The molecule has 0 radical (unpaired) electrons. The number of nitrogens with zero attached hydrogens (tertiary/aromatic N) is 1. The zero-order valence-electron chi connectivity index (χ0n) is 10.8. The lowest BCUT2D eigenvalue weighted by molar-refractivity contribution is 0.318. The summed E-state index contributed by atoms with van der Waals surface area (Å²) < 4.78 is 27.4. The van der Waals surface area contributed by atoms with Crippen LogP contribution in [0.4, 0.5) is 14.5 Å². The fraction of sp³-hybridized carbons (Fsp3) is 0.0714. The third-order valence-corrected chi connectivity index (χ3v) is 3.46. The smallest absolute Gasteiger partial charge is 0.170 e. The first kappa shape index (κ1) is 15.2. The van der Waals surface area contributed by atoms with E-state index in [0.29, 0.717) is 15.7 Å². The molecule has 110 valence electrons. The maximum Gasteiger partial charge on any atom is 0.170 e. The molecule has 0 amide bonds. The van der Waals surface area contributed by atoms with Gasteiger partial charge in [0.1, 0.15) is 11.6 Å². The van der Waals surface area contributed by atoms with E-state index in [1.54, 1.807) is 12.1 Å². The molecule has 2 aromatic rings. The molecular formula is C14H12BrF2N3O. The van der Waals surface area contributed by atoms with E-state index in [1.807, 2.05) is 0 Å². The Labute approximate surface area is 128 Å². The van der Waals surface area contributed by atoms with E-state index in [0.717, 1.165) is 6.07 Å². The Kier molecular flexibility index (Phi) is 4.74. The van der Waals surface area contributed by atoms with Crippen molar-refractivity contribution >= 4 is 27.5 Å². The first-order valence-electron chi connectivity index (χ1n) is 5.96. The van der Waals surface area contributed by atoms with E-state index in [2.05, 4.69) is 26.4 Å². The first-order valence-corrected chi connectivity index (χ1v) is 6.75. The zero-order chi connectivity index (χ0) is 15.4. The molecule has 2 aromatic carbocycles. The third-order valence-electron chi connectivity index (χ3n) is 2.77. The van der Waals surface area contributed by atoms with Crippen LogP contribution in [0.5, 0.6) is 0 Å². The van der Waals surface area contributed by atoms with Crippen LogP contribution in [-0.2, 0) is 6.54 Å². The number of hydrogen-bond acceptors (Lipinski definition) is 3. The van der Waals surface area contributed by atoms with Gasteiger partial charge in [0.2, 0.25) is 0 Å². The second-order valence-corrected chi connectivity index (χ2v) is 5.17. The molecule has 0 fully saturated rings. The summed E-state index contributed by atoms with van der Waals surface area (Å²) >= 11 is 3.29. The number of rotatable bonds is 4. The highest BCUT2D eigenvalue weighted by atomic mass is 79.9. The van der Waals surface area contributed by atoms with E-state index >= 15 is 0 Å². The summed E-state index contributed by atoms with van der Waals surface area (Å²) in [6, 6.07) is 8.29. The van der Waals surface area contributed by atoms with Gasteiger partial charge in [-0.2, -0.15) is 0 Å². The van der Waals surface area contributed by atoms with Gasteiger partial charge in [-0.25, -0.2) is 8.78 Å². The highest BCUT2D eigenvalue weighted by Gasteiger charge is 2.06. The number of anilines is 1. The number of benzene rings is 2. The third kappa shape index (κ3) is 3.91. The minimum Gasteiger partial charge on any atom is -0.409 e. The van der Waals surface area contributed by atoms with Gasteiger partial charge in [-0.3, -0.25) is 0 Å². The minimum absolute atomic E-state index is 0.178. The van der Waals surface area contributed by atoms with Crippen LogP contribution in [0.15, 0.2) is 46.0 Å². The molecule has 4 nitrogen and oxygen atoms in total. The largest absolute Gasteiger partial charge is 0.409 e. The highest BCUT2D eigenvalue weighted by Crippen LogP contribution is 2.23. The van der Waals surface area contributed by atoms with E-state index in [9.17, 15) is 8.78 Å². The highest BCUT2D eigenvalue weighted by molar-refractivity contribution is 9.10. The van der Waals surface area contributed by atoms with E-state index in [1.165, 1.54) is 18.2 Å². The molecular weight excluding hydrogens is 344 g/mol.